The number of nitrogens with zero attached hydrogens (tertiary/aromatic N) is 1. The van der Waals surface area contributed by atoms with E-state index < -0.39 is 11.7 Å². The SMILES string of the molecule is N#CC=CC=CC1CCC(c2ccc(C(F)(F)F)cc2)CC1. The molecule has 1 saturated carbocycles. The van der Waals surface area contributed by atoms with Crippen molar-refractivity contribution in [1.82, 2.24) is 0 Å². The molecule has 1 aromatic rings. The van der Waals surface area contributed by atoms with Crippen LogP contribution in [0.1, 0.15) is 42.7 Å². The Hall–Kier alpha value is -2.02. The first-order chi connectivity index (χ1) is 10.5. The van der Waals surface area contributed by atoms with Gasteiger partial charge >= 0.3 is 6.18 Å². The van der Waals surface area contributed by atoms with Crippen molar-refractivity contribution < 1.29 is 13.2 Å². The molecule has 1 aliphatic carbocycles. The molecule has 2 rings (SSSR count). The van der Waals surface area contributed by atoms with E-state index in [0.29, 0.717) is 11.8 Å². The molecule has 0 unspecified atom stereocenters. The van der Waals surface area contributed by atoms with Gasteiger partial charge in [-0.25, -0.2) is 0 Å². The number of halogens is 3. The van der Waals surface area contributed by atoms with E-state index in [4.69, 9.17) is 5.26 Å². The van der Waals surface area contributed by atoms with Gasteiger partial charge in [0.05, 0.1) is 11.6 Å². The van der Waals surface area contributed by atoms with Gasteiger partial charge in [-0.2, -0.15) is 18.4 Å². The van der Waals surface area contributed by atoms with Gasteiger partial charge in [-0.15, -0.1) is 0 Å². The van der Waals surface area contributed by atoms with Crippen LogP contribution in [0.4, 0.5) is 13.2 Å². The van der Waals surface area contributed by atoms with Crippen LogP contribution < -0.4 is 0 Å². The predicted molar refractivity (Wildman–Crippen MR) is 80.0 cm³/mol. The molecule has 116 valence electrons. The minimum atomic E-state index is -4.27. The fourth-order valence-corrected chi connectivity index (χ4v) is 2.91. The van der Waals surface area contributed by atoms with Gasteiger partial charge in [0.15, 0.2) is 0 Å². The molecule has 0 aliphatic heterocycles. The highest BCUT2D eigenvalue weighted by atomic mass is 19.4. The summed E-state index contributed by atoms with van der Waals surface area (Å²) in [4.78, 5) is 0. The van der Waals surface area contributed by atoms with Gasteiger partial charge in [0.25, 0.3) is 0 Å². The molecule has 0 radical (unpaired) electrons. The van der Waals surface area contributed by atoms with Gasteiger partial charge in [-0.3, -0.25) is 0 Å². The molecule has 22 heavy (non-hydrogen) atoms. The molecule has 0 saturated heterocycles. The van der Waals surface area contributed by atoms with E-state index in [1.807, 2.05) is 12.1 Å². The minimum absolute atomic E-state index is 0.349. The third kappa shape index (κ3) is 4.49. The van der Waals surface area contributed by atoms with Gasteiger partial charge in [0, 0.05) is 6.08 Å². The summed E-state index contributed by atoms with van der Waals surface area (Å²) < 4.78 is 37.7. The lowest BCUT2D eigenvalue weighted by molar-refractivity contribution is -0.137. The first-order valence-electron chi connectivity index (χ1n) is 7.41. The molecule has 4 heteroatoms. The van der Waals surface area contributed by atoms with Crippen molar-refractivity contribution in [3.8, 4) is 6.07 Å². The molecular weight excluding hydrogens is 287 g/mol. The highest BCUT2D eigenvalue weighted by molar-refractivity contribution is 5.27. The maximum absolute atomic E-state index is 12.6. The fraction of sp³-hybridized carbons (Fsp3) is 0.389. The molecule has 0 bridgehead atoms. The molecule has 1 aromatic carbocycles. The van der Waals surface area contributed by atoms with Gasteiger partial charge < -0.3 is 0 Å². The Balaban J connectivity index is 1.90. The Kier molecular flexibility index (Phi) is 5.43. The van der Waals surface area contributed by atoms with E-state index >= 15 is 0 Å². The van der Waals surface area contributed by atoms with Crippen LogP contribution in [-0.2, 0) is 6.18 Å². The topological polar surface area (TPSA) is 23.8 Å². The number of allylic oxidation sites excluding steroid dienone is 4. The van der Waals surface area contributed by atoms with Gasteiger partial charge in [0.2, 0.25) is 0 Å². The van der Waals surface area contributed by atoms with Gasteiger partial charge in [-0.1, -0.05) is 30.4 Å². The van der Waals surface area contributed by atoms with Crippen molar-refractivity contribution in [2.45, 2.75) is 37.8 Å². The lowest BCUT2D eigenvalue weighted by Crippen LogP contribution is -2.12. The van der Waals surface area contributed by atoms with Gasteiger partial charge in [-0.05, 0) is 55.2 Å². The van der Waals surface area contributed by atoms with E-state index in [1.54, 1.807) is 18.2 Å². The third-order valence-electron chi connectivity index (χ3n) is 4.15. The summed E-state index contributed by atoms with van der Waals surface area (Å²) in [5.41, 5.74) is 0.414. The zero-order valence-electron chi connectivity index (χ0n) is 12.2. The van der Waals surface area contributed by atoms with Crippen LogP contribution in [0, 0.1) is 17.2 Å². The van der Waals surface area contributed by atoms with E-state index in [9.17, 15) is 13.2 Å². The van der Waals surface area contributed by atoms with E-state index in [1.165, 1.54) is 18.2 Å². The summed E-state index contributed by atoms with van der Waals surface area (Å²) in [6, 6.07) is 7.51. The second-order valence-corrected chi connectivity index (χ2v) is 5.60. The molecule has 0 aromatic heterocycles. The van der Waals surface area contributed by atoms with Crippen molar-refractivity contribution in [3.05, 3.63) is 59.7 Å². The van der Waals surface area contributed by atoms with E-state index in [-0.39, 0.29) is 0 Å². The summed E-state index contributed by atoms with van der Waals surface area (Å²) in [5, 5.41) is 8.39. The Morgan fingerprint density at radius 3 is 2.18 bits per heavy atom. The number of hydrogen-bond acceptors (Lipinski definition) is 1. The Morgan fingerprint density at radius 1 is 1.00 bits per heavy atom. The zero-order valence-corrected chi connectivity index (χ0v) is 12.2. The Morgan fingerprint density at radius 2 is 1.64 bits per heavy atom. The summed E-state index contributed by atoms with van der Waals surface area (Å²) >= 11 is 0. The minimum Gasteiger partial charge on any atom is -0.193 e. The summed E-state index contributed by atoms with van der Waals surface area (Å²) in [6.45, 7) is 0. The molecular formula is C18H18F3N. The maximum Gasteiger partial charge on any atom is 0.416 e. The molecule has 1 aliphatic rings. The largest absolute Gasteiger partial charge is 0.416 e. The number of nitriles is 1. The second kappa shape index (κ2) is 7.31. The van der Waals surface area contributed by atoms with Crippen molar-refractivity contribution >= 4 is 0 Å². The standard InChI is InChI=1S/C18H18F3N/c19-18(20,21)17-11-9-16(10-12-17)15-7-5-14(6-8-15)4-2-1-3-13-22/h1-4,9-12,14-15H,5-8H2. The van der Waals surface area contributed by atoms with Crippen molar-refractivity contribution in [2.24, 2.45) is 5.92 Å². The zero-order chi connectivity index (χ0) is 16.0. The summed E-state index contributed by atoms with van der Waals surface area (Å²) in [5.74, 6) is 0.843. The monoisotopic (exact) mass is 305 g/mol. The molecule has 0 spiro atoms. The van der Waals surface area contributed by atoms with Gasteiger partial charge in [0.1, 0.15) is 0 Å². The quantitative estimate of drug-likeness (QED) is 0.525. The fourth-order valence-electron chi connectivity index (χ4n) is 2.91. The lowest BCUT2D eigenvalue weighted by atomic mass is 9.78. The average molecular weight is 305 g/mol. The van der Waals surface area contributed by atoms with E-state index in [2.05, 4.69) is 6.08 Å². The van der Waals surface area contributed by atoms with Crippen molar-refractivity contribution in [3.63, 3.8) is 0 Å². The molecule has 1 fully saturated rings. The highest BCUT2D eigenvalue weighted by Crippen LogP contribution is 2.37. The molecule has 0 atom stereocenters. The first kappa shape index (κ1) is 16.4. The van der Waals surface area contributed by atoms with Crippen LogP contribution in [0.25, 0.3) is 0 Å². The van der Waals surface area contributed by atoms with Crippen LogP contribution in [0.3, 0.4) is 0 Å². The van der Waals surface area contributed by atoms with Crippen LogP contribution in [0.15, 0.2) is 48.6 Å². The van der Waals surface area contributed by atoms with Crippen LogP contribution in [-0.4, -0.2) is 0 Å². The van der Waals surface area contributed by atoms with E-state index in [0.717, 1.165) is 31.2 Å². The number of alkyl halides is 3. The predicted octanol–water partition coefficient (Wildman–Crippen LogP) is 5.62. The highest BCUT2D eigenvalue weighted by Gasteiger charge is 2.30. The third-order valence-corrected chi connectivity index (χ3v) is 4.15. The summed E-state index contributed by atoms with van der Waals surface area (Å²) in [6.07, 6.45) is 6.93. The molecule has 1 nitrogen and oxygen atoms in total. The van der Waals surface area contributed by atoms with Crippen LogP contribution in [0.2, 0.25) is 0 Å². The summed E-state index contributed by atoms with van der Waals surface area (Å²) in [7, 11) is 0. The number of rotatable bonds is 3. The number of benzene rings is 1. The Labute approximate surface area is 128 Å². The van der Waals surface area contributed by atoms with Crippen molar-refractivity contribution in [2.75, 3.05) is 0 Å². The first-order valence-corrected chi connectivity index (χ1v) is 7.41. The normalized spacial score (nSPS) is 23.0. The second-order valence-electron chi connectivity index (χ2n) is 5.60. The van der Waals surface area contributed by atoms with Crippen LogP contribution in [0.5, 0.6) is 0 Å². The Bertz CT molecular complexity index is 568. The molecule has 0 heterocycles. The average Bonchev–Trinajstić information content (AvgIpc) is 2.51. The van der Waals surface area contributed by atoms with Crippen LogP contribution >= 0.6 is 0 Å². The molecule has 0 N–H and O–H groups in total. The number of hydrogen-bond donors (Lipinski definition) is 0. The maximum atomic E-state index is 12.6. The lowest BCUT2D eigenvalue weighted by Gasteiger charge is -2.27. The molecule has 0 amide bonds. The smallest absolute Gasteiger partial charge is 0.193 e. The van der Waals surface area contributed by atoms with Crippen molar-refractivity contribution in [1.29, 1.82) is 5.26 Å².